The van der Waals surface area contributed by atoms with Gasteiger partial charge in [0.1, 0.15) is 0 Å². The van der Waals surface area contributed by atoms with Gasteiger partial charge in [-0.25, -0.2) is 5.43 Å². The molecule has 4 heteroatoms. The van der Waals surface area contributed by atoms with Crippen LogP contribution >= 0.6 is 0 Å². The predicted molar refractivity (Wildman–Crippen MR) is 115 cm³/mol. The number of nitrogens with one attached hydrogen (secondary N) is 1. The normalized spacial score (nSPS) is 11.6. The van der Waals surface area contributed by atoms with E-state index in [4.69, 9.17) is 0 Å². The SMILES string of the molecule is CCN(CC)c1ccc(C(=O)NN=C2c3ccccc3-c3ccccc32)cc1. The van der Waals surface area contributed by atoms with Crippen LogP contribution in [0.4, 0.5) is 5.69 Å². The number of benzene rings is 3. The highest BCUT2D eigenvalue weighted by atomic mass is 16.2. The molecule has 0 bridgehead atoms. The van der Waals surface area contributed by atoms with Crippen molar-refractivity contribution in [2.24, 2.45) is 5.10 Å². The van der Waals surface area contributed by atoms with Crippen LogP contribution in [-0.2, 0) is 0 Å². The van der Waals surface area contributed by atoms with Gasteiger partial charge in [-0.1, -0.05) is 48.5 Å². The number of rotatable bonds is 5. The van der Waals surface area contributed by atoms with Crippen molar-refractivity contribution in [2.75, 3.05) is 18.0 Å². The number of nitrogens with zero attached hydrogens (tertiary/aromatic N) is 2. The molecule has 0 saturated carbocycles. The van der Waals surface area contributed by atoms with E-state index in [0.717, 1.165) is 46.7 Å². The van der Waals surface area contributed by atoms with Gasteiger partial charge in [-0.15, -0.1) is 0 Å². The average molecular weight is 369 g/mol. The Morgan fingerprint density at radius 1 is 0.786 bits per heavy atom. The summed E-state index contributed by atoms with van der Waals surface area (Å²) in [6.45, 7) is 6.12. The number of carbonyl (C=O) groups is 1. The molecule has 3 aromatic rings. The van der Waals surface area contributed by atoms with Crippen LogP contribution in [-0.4, -0.2) is 24.7 Å². The van der Waals surface area contributed by atoms with Crippen molar-refractivity contribution < 1.29 is 4.79 Å². The minimum Gasteiger partial charge on any atom is -0.372 e. The van der Waals surface area contributed by atoms with Gasteiger partial charge >= 0.3 is 0 Å². The Morgan fingerprint density at radius 3 is 1.79 bits per heavy atom. The minimum absolute atomic E-state index is 0.208. The monoisotopic (exact) mass is 369 g/mol. The van der Waals surface area contributed by atoms with E-state index in [-0.39, 0.29) is 5.91 Å². The van der Waals surface area contributed by atoms with Crippen LogP contribution in [0.5, 0.6) is 0 Å². The lowest BCUT2D eigenvalue weighted by molar-refractivity contribution is 0.0955. The van der Waals surface area contributed by atoms with Crippen molar-refractivity contribution in [1.29, 1.82) is 0 Å². The largest absolute Gasteiger partial charge is 0.372 e. The molecule has 1 amide bonds. The number of hydrogen-bond acceptors (Lipinski definition) is 3. The van der Waals surface area contributed by atoms with Crippen LogP contribution < -0.4 is 10.3 Å². The van der Waals surface area contributed by atoms with E-state index in [9.17, 15) is 4.79 Å². The molecule has 0 aromatic heterocycles. The molecule has 0 unspecified atom stereocenters. The maximum absolute atomic E-state index is 12.6. The van der Waals surface area contributed by atoms with E-state index in [1.807, 2.05) is 60.7 Å². The first-order chi connectivity index (χ1) is 13.7. The van der Waals surface area contributed by atoms with Crippen LogP contribution in [0.25, 0.3) is 11.1 Å². The van der Waals surface area contributed by atoms with Gasteiger partial charge in [0.05, 0.1) is 5.71 Å². The smallest absolute Gasteiger partial charge is 0.271 e. The zero-order valence-corrected chi connectivity index (χ0v) is 16.1. The van der Waals surface area contributed by atoms with Crippen LogP contribution in [0.3, 0.4) is 0 Å². The first-order valence-electron chi connectivity index (χ1n) is 9.65. The maximum Gasteiger partial charge on any atom is 0.271 e. The number of anilines is 1. The van der Waals surface area contributed by atoms with Crippen LogP contribution in [0.15, 0.2) is 77.9 Å². The second-order valence-corrected chi connectivity index (χ2v) is 6.71. The Bertz CT molecular complexity index is 986. The minimum atomic E-state index is -0.208. The van der Waals surface area contributed by atoms with E-state index in [0.29, 0.717) is 5.56 Å². The quantitative estimate of drug-likeness (QED) is 0.519. The topological polar surface area (TPSA) is 44.7 Å². The maximum atomic E-state index is 12.6. The second kappa shape index (κ2) is 7.69. The molecular formula is C24H23N3O. The van der Waals surface area contributed by atoms with Gasteiger partial charge in [-0.05, 0) is 49.2 Å². The third kappa shape index (κ3) is 3.18. The Morgan fingerprint density at radius 2 is 1.29 bits per heavy atom. The molecule has 0 atom stereocenters. The molecule has 0 aliphatic heterocycles. The summed E-state index contributed by atoms with van der Waals surface area (Å²) < 4.78 is 0. The Hall–Kier alpha value is -3.40. The first-order valence-corrected chi connectivity index (χ1v) is 9.65. The second-order valence-electron chi connectivity index (χ2n) is 6.71. The Labute approximate surface area is 165 Å². The van der Waals surface area contributed by atoms with Crippen molar-refractivity contribution in [3.63, 3.8) is 0 Å². The van der Waals surface area contributed by atoms with E-state index in [1.54, 1.807) is 0 Å². The van der Waals surface area contributed by atoms with Gasteiger partial charge in [0.25, 0.3) is 5.91 Å². The molecule has 4 rings (SSSR count). The Kier molecular flexibility index (Phi) is 4.94. The average Bonchev–Trinajstić information content (AvgIpc) is 3.07. The third-order valence-electron chi connectivity index (χ3n) is 5.18. The van der Waals surface area contributed by atoms with E-state index in [1.165, 1.54) is 0 Å². The summed E-state index contributed by atoms with van der Waals surface area (Å²) >= 11 is 0. The van der Waals surface area contributed by atoms with Gasteiger partial charge in [-0.2, -0.15) is 5.10 Å². The molecule has 4 nitrogen and oxygen atoms in total. The summed E-state index contributed by atoms with van der Waals surface area (Å²) in [6, 6.07) is 23.9. The highest BCUT2D eigenvalue weighted by molar-refractivity contribution is 6.24. The predicted octanol–water partition coefficient (Wildman–Crippen LogP) is 4.70. The standard InChI is InChI=1S/C24H23N3O/c1-3-27(4-2)18-15-13-17(14-16-18)24(28)26-25-23-21-11-7-5-9-19(21)20-10-6-8-12-22(20)23/h5-16H,3-4H2,1-2H3,(H,26,28). The lowest BCUT2D eigenvalue weighted by atomic mass is 10.1. The molecule has 1 N–H and O–H groups in total. The summed E-state index contributed by atoms with van der Waals surface area (Å²) in [5.74, 6) is -0.208. The van der Waals surface area contributed by atoms with Gasteiger partial charge in [-0.3, -0.25) is 4.79 Å². The van der Waals surface area contributed by atoms with Crippen molar-refractivity contribution in [1.82, 2.24) is 5.43 Å². The van der Waals surface area contributed by atoms with Crippen LogP contribution in [0.1, 0.15) is 35.3 Å². The summed E-state index contributed by atoms with van der Waals surface area (Å²) in [5.41, 5.74) is 9.63. The van der Waals surface area contributed by atoms with Crippen molar-refractivity contribution in [2.45, 2.75) is 13.8 Å². The van der Waals surface area contributed by atoms with E-state index in [2.05, 4.69) is 41.4 Å². The molecule has 0 fully saturated rings. The third-order valence-corrected chi connectivity index (χ3v) is 5.18. The van der Waals surface area contributed by atoms with Crippen molar-refractivity contribution in [3.8, 4) is 11.1 Å². The first kappa shape index (κ1) is 18.0. The van der Waals surface area contributed by atoms with Crippen molar-refractivity contribution >= 4 is 17.3 Å². The number of fused-ring (bicyclic) bond motifs is 3. The molecule has 0 spiro atoms. The highest BCUT2D eigenvalue weighted by Gasteiger charge is 2.24. The fraction of sp³-hybridized carbons (Fsp3) is 0.167. The van der Waals surface area contributed by atoms with Crippen LogP contribution in [0.2, 0.25) is 0 Å². The van der Waals surface area contributed by atoms with Gasteiger partial charge in [0.15, 0.2) is 0 Å². The van der Waals surface area contributed by atoms with E-state index < -0.39 is 0 Å². The molecule has 0 radical (unpaired) electrons. The van der Waals surface area contributed by atoms with Gasteiger partial charge < -0.3 is 4.90 Å². The van der Waals surface area contributed by atoms with Crippen LogP contribution in [0, 0.1) is 0 Å². The Balaban J connectivity index is 1.58. The number of hydrogen-bond donors (Lipinski definition) is 1. The molecule has 140 valence electrons. The number of carbonyl (C=O) groups excluding carboxylic acids is 1. The fourth-order valence-electron chi connectivity index (χ4n) is 3.70. The summed E-state index contributed by atoms with van der Waals surface area (Å²) in [5, 5.41) is 4.48. The lowest BCUT2D eigenvalue weighted by Gasteiger charge is -2.20. The zero-order valence-electron chi connectivity index (χ0n) is 16.1. The number of hydrazone groups is 1. The van der Waals surface area contributed by atoms with E-state index >= 15 is 0 Å². The van der Waals surface area contributed by atoms with Crippen molar-refractivity contribution in [3.05, 3.63) is 89.5 Å². The molecule has 0 saturated heterocycles. The summed E-state index contributed by atoms with van der Waals surface area (Å²) in [4.78, 5) is 14.9. The molecule has 3 aromatic carbocycles. The molecular weight excluding hydrogens is 346 g/mol. The highest BCUT2D eigenvalue weighted by Crippen LogP contribution is 2.36. The summed E-state index contributed by atoms with van der Waals surface area (Å²) in [6.07, 6.45) is 0. The molecule has 0 heterocycles. The zero-order chi connectivity index (χ0) is 19.5. The molecule has 28 heavy (non-hydrogen) atoms. The van der Waals surface area contributed by atoms with Gasteiger partial charge in [0, 0.05) is 35.5 Å². The van der Waals surface area contributed by atoms with Gasteiger partial charge in [0.2, 0.25) is 0 Å². The fourth-order valence-corrected chi connectivity index (χ4v) is 3.70. The lowest BCUT2D eigenvalue weighted by Crippen LogP contribution is -2.22. The number of amides is 1. The summed E-state index contributed by atoms with van der Waals surface area (Å²) in [7, 11) is 0. The molecule has 1 aliphatic carbocycles. The molecule has 1 aliphatic rings.